The van der Waals surface area contributed by atoms with E-state index in [1.54, 1.807) is 55.8 Å². The van der Waals surface area contributed by atoms with Gasteiger partial charge >= 0.3 is 0 Å². The highest BCUT2D eigenvalue weighted by Crippen LogP contribution is 2.24. The first kappa shape index (κ1) is 22.3. The van der Waals surface area contributed by atoms with Gasteiger partial charge in [0.15, 0.2) is 0 Å². The van der Waals surface area contributed by atoms with Crippen molar-refractivity contribution in [2.45, 2.75) is 18.0 Å². The lowest BCUT2D eigenvalue weighted by Gasteiger charge is -2.18. The SMILES string of the molecule is CN(Cc1nc2ccccc2c(=O)[nH]1)C(=O)c1ccccc1SCC(=O)NCc1ccco1. The van der Waals surface area contributed by atoms with Crippen molar-refractivity contribution in [1.29, 1.82) is 0 Å². The lowest BCUT2D eigenvalue weighted by Crippen LogP contribution is -2.29. The molecule has 0 atom stereocenters. The maximum absolute atomic E-state index is 13.1. The third kappa shape index (κ3) is 5.50. The molecule has 0 saturated heterocycles. The van der Waals surface area contributed by atoms with Gasteiger partial charge in [0.1, 0.15) is 11.6 Å². The zero-order valence-electron chi connectivity index (χ0n) is 17.9. The van der Waals surface area contributed by atoms with Gasteiger partial charge in [-0.3, -0.25) is 14.4 Å². The Kier molecular flexibility index (Phi) is 6.89. The van der Waals surface area contributed by atoms with Crippen molar-refractivity contribution in [2.24, 2.45) is 0 Å². The fraction of sp³-hybridized carbons (Fsp3) is 0.167. The molecule has 4 aromatic rings. The predicted molar refractivity (Wildman–Crippen MR) is 126 cm³/mol. The highest BCUT2D eigenvalue weighted by molar-refractivity contribution is 8.00. The number of nitrogens with one attached hydrogen (secondary N) is 2. The van der Waals surface area contributed by atoms with E-state index in [0.29, 0.717) is 39.5 Å². The molecule has 33 heavy (non-hydrogen) atoms. The number of thioether (sulfide) groups is 1. The zero-order chi connectivity index (χ0) is 23.2. The molecule has 4 rings (SSSR count). The largest absolute Gasteiger partial charge is 0.467 e. The summed E-state index contributed by atoms with van der Waals surface area (Å²) in [4.78, 5) is 47.0. The van der Waals surface area contributed by atoms with Crippen molar-refractivity contribution in [2.75, 3.05) is 12.8 Å². The van der Waals surface area contributed by atoms with Crippen LogP contribution in [0.15, 0.2) is 81.0 Å². The summed E-state index contributed by atoms with van der Waals surface area (Å²) < 4.78 is 5.20. The third-order valence-corrected chi connectivity index (χ3v) is 5.99. The number of benzene rings is 2. The van der Waals surface area contributed by atoms with Crippen molar-refractivity contribution >= 4 is 34.5 Å². The van der Waals surface area contributed by atoms with Crippen LogP contribution in [0.2, 0.25) is 0 Å². The maximum atomic E-state index is 13.1. The Balaban J connectivity index is 1.41. The molecule has 2 heterocycles. The van der Waals surface area contributed by atoms with Crippen LogP contribution in [-0.4, -0.2) is 39.5 Å². The van der Waals surface area contributed by atoms with Gasteiger partial charge in [0.05, 0.1) is 41.6 Å². The Morgan fingerprint density at radius 2 is 1.88 bits per heavy atom. The van der Waals surface area contributed by atoms with E-state index in [1.165, 1.54) is 16.7 Å². The average Bonchev–Trinajstić information content (AvgIpc) is 3.35. The fourth-order valence-electron chi connectivity index (χ4n) is 3.27. The van der Waals surface area contributed by atoms with Crippen molar-refractivity contribution in [3.63, 3.8) is 0 Å². The molecule has 2 N–H and O–H groups in total. The predicted octanol–water partition coefficient (Wildman–Crippen LogP) is 3.20. The Bertz CT molecular complexity index is 1330. The molecular weight excluding hydrogens is 440 g/mol. The second-order valence-corrected chi connectivity index (χ2v) is 8.35. The van der Waals surface area contributed by atoms with E-state index >= 15 is 0 Å². The first-order valence-corrected chi connectivity index (χ1v) is 11.2. The number of aromatic nitrogens is 2. The number of amides is 2. The summed E-state index contributed by atoms with van der Waals surface area (Å²) in [5, 5.41) is 3.29. The van der Waals surface area contributed by atoms with Crippen LogP contribution >= 0.6 is 11.8 Å². The summed E-state index contributed by atoms with van der Waals surface area (Å²) in [6.45, 7) is 0.453. The smallest absolute Gasteiger partial charge is 0.258 e. The molecule has 2 aromatic carbocycles. The molecule has 9 heteroatoms. The lowest BCUT2D eigenvalue weighted by atomic mass is 10.2. The number of rotatable bonds is 8. The lowest BCUT2D eigenvalue weighted by molar-refractivity contribution is -0.118. The summed E-state index contributed by atoms with van der Waals surface area (Å²) in [6, 6.07) is 17.7. The van der Waals surface area contributed by atoms with E-state index in [2.05, 4.69) is 15.3 Å². The minimum atomic E-state index is -0.243. The minimum absolute atomic E-state index is 0.140. The Morgan fingerprint density at radius 3 is 2.70 bits per heavy atom. The Morgan fingerprint density at radius 1 is 1.09 bits per heavy atom. The van der Waals surface area contributed by atoms with Crippen LogP contribution in [-0.2, 0) is 17.9 Å². The molecule has 0 unspecified atom stereocenters. The van der Waals surface area contributed by atoms with Crippen LogP contribution in [0.4, 0.5) is 0 Å². The molecule has 0 spiro atoms. The number of H-pyrrole nitrogens is 1. The first-order chi connectivity index (χ1) is 16.0. The monoisotopic (exact) mass is 462 g/mol. The van der Waals surface area contributed by atoms with Crippen LogP contribution in [0.3, 0.4) is 0 Å². The first-order valence-electron chi connectivity index (χ1n) is 10.3. The second-order valence-electron chi connectivity index (χ2n) is 7.33. The van der Waals surface area contributed by atoms with E-state index < -0.39 is 0 Å². The van der Waals surface area contributed by atoms with Gasteiger partial charge in [-0.15, -0.1) is 11.8 Å². The van der Waals surface area contributed by atoms with E-state index in [-0.39, 0.29) is 29.7 Å². The average molecular weight is 463 g/mol. The molecule has 0 aliphatic heterocycles. The fourth-order valence-corrected chi connectivity index (χ4v) is 4.15. The van der Waals surface area contributed by atoms with Crippen molar-refractivity contribution < 1.29 is 14.0 Å². The van der Waals surface area contributed by atoms with Gasteiger partial charge in [0.25, 0.3) is 11.5 Å². The number of carbonyl (C=O) groups is 2. The van der Waals surface area contributed by atoms with Crippen LogP contribution in [0.5, 0.6) is 0 Å². The van der Waals surface area contributed by atoms with Gasteiger partial charge in [-0.1, -0.05) is 24.3 Å². The Labute approximate surface area is 194 Å². The normalized spacial score (nSPS) is 10.8. The third-order valence-electron chi connectivity index (χ3n) is 4.91. The number of hydrogen-bond donors (Lipinski definition) is 2. The molecule has 0 bridgehead atoms. The van der Waals surface area contributed by atoms with Crippen molar-refractivity contribution in [3.05, 3.63) is 94.4 Å². The zero-order valence-corrected chi connectivity index (χ0v) is 18.7. The number of para-hydroxylation sites is 1. The molecule has 168 valence electrons. The number of fused-ring (bicyclic) bond motifs is 1. The standard InChI is InChI=1S/C24H22N4O4S/c1-28(14-21-26-19-10-4-2-8-17(19)23(30)27-21)24(31)18-9-3-5-11-20(18)33-15-22(29)25-13-16-7-6-12-32-16/h2-12H,13-15H2,1H3,(H,25,29)(H,26,27,30). The van der Waals surface area contributed by atoms with E-state index in [0.717, 1.165) is 0 Å². The molecule has 8 nitrogen and oxygen atoms in total. The van der Waals surface area contributed by atoms with Gasteiger partial charge in [-0.25, -0.2) is 4.98 Å². The van der Waals surface area contributed by atoms with E-state index in [9.17, 15) is 14.4 Å². The quantitative estimate of drug-likeness (QED) is 0.389. The number of nitrogens with zero attached hydrogens (tertiary/aromatic N) is 2. The van der Waals surface area contributed by atoms with Gasteiger partial charge < -0.3 is 19.6 Å². The van der Waals surface area contributed by atoms with Gasteiger partial charge in [-0.2, -0.15) is 0 Å². The van der Waals surface area contributed by atoms with E-state index in [1.807, 2.05) is 18.2 Å². The molecule has 0 saturated carbocycles. The second kappa shape index (κ2) is 10.2. The number of carbonyl (C=O) groups excluding carboxylic acids is 2. The minimum Gasteiger partial charge on any atom is -0.467 e. The summed E-state index contributed by atoms with van der Waals surface area (Å²) in [7, 11) is 1.65. The van der Waals surface area contributed by atoms with Gasteiger partial charge in [0, 0.05) is 11.9 Å². The summed E-state index contributed by atoms with van der Waals surface area (Å²) >= 11 is 1.29. The van der Waals surface area contributed by atoms with Gasteiger partial charge in [-0.05, 0) is 36.4 Å². The van der Waals surface area contributed by atoms with Crippen LogP contribution in [0.1, 0.15) is 21.9 Å². The molecule has 0 aliphatic rings. The summed E-state index contributed by atoms with van der Waals surface area (Å²) in [5.41, 5.74) is 0.813. The highest BCUT2D eigenvalue weighted by Gasteiger charge is 2.18. The number of hydrogen-bond acceptors (Lipinski definition) is 6. The van der Waals surface area contributed by atoms with E-state index in [4.69, 9.17) is 4.42 Å². The maximum Gasteiger partial charge on any atom is 0.258 e. The molecule has 0 aliphatic carbocycles. The topological polar surface area (TPSA) is 108 Å². The Hall–Kier alpha value is -3.85. The number of furan rings is 1. The van der Waals surface area contributed by atoms with Gasteiger partial charge in [0.2, 0.25) is 5.91 Å². The van der Waals surface area contributed by atoms with Crippen LogP contribution < -0.4 is 10.9 Å². The highest BCUT2D eigenvalue weighted by atomic mass is 32.2. The van der Waals surface area contributed by atoms with Crippen LogP contribution in [0.25, 0.3) is 10.9 Å². The molecule has 0 radical (unpaired) electrons. The summed E-state index contributed by atoms with van der Waals surface area (Å²) in [5.74, 6) is 0.839. The summed E-state index contributed by atoms with van der Waals surface area (Å²) in [6.07, 6.45) is 1.55. The molecular formula is C24H22N4O4S. The van der Waals surface area contributed by atoms with Crippen molar-refractivity contribution in [3.8, 4) is 0 Å². The molecule has 2 aromatic heterocycles. The van der Waals surface area contributed by atoms with Crippen LogP contribution in [0, 0.1) is 0 Å². The molecule has 2 amide bonds. The van der Waals surface area contributed by atoms with Crippen molar-refractivity contribution in [1.82, 2.24) is 20.2 Å². The molecule has 0 fully saturated rings. The number of aromatic amines is 1.